The molecule has 0 heterocycles. The van der Waals surface area contributed by atoms with Gasteiger partial charge in [-0.1, -0.05) is 27.2 Å². The van der Waals surface area contributed by atoms with Crippen molar-refractivity contribution in [2.24, 2.45) is 11.3 Å². The standard InChI is InChI=1S/C11H23N/c1-5-11(2,3)10(12-4)9-7-6-8-9/h9-10,12H,5-8H2,1-4H3. The maximum Gasteiger partial charge on any atom is 0.0143 e. The van der Waals surface area contributed by atoms with Crippen molar-refractivity contribution in [3.63, 3.8) is 0 Å². The smallest absolute Gasteiger partial charge is 0.0143 e. The van der Waals surface area contributed by atoms with E-state index in [1.54, 1.807) is 0 Å². The van der Waals surface area contributed by atoms with Crippen molar-refractivity contribution in [2.45, 2.75) is 52.5 Å². The molecule has 1 heteroatoms. The van der Waals surface area contributed by atoms with Gasteiger partial charge in [0.15, 0.2) is 0 Å². The minimum atomic E-state index is 0.472. The van der Waals surface area contributed by atoms with E-state index in [0.717, 1.165) is 12.0 Å². The molecule has 0 aromatic heterocycles. The van der Waals surface area contributed by atoms with Gasteiger partial charge in [-0.3, -0.25) is 0 Å². The molecule has 1 unspecified atom stereocenters. The average Bonchev–Trinajstić information content (AvgIpc) is 1.96. The van der Waals surface area contributed by atoms with Crippen LogP contribution in [0.25, 0.3) is 0 Å². The van der Waals surface area contributed by atoms with Gasteiger partial charge in [0, 0.05) is 6.04 Å². The Balaban J connectivity index is 2.53. The van der Waals surface area contributed by atoms with E-state index in [2.05, 4.69) is 33.1 Å². The van der Waals surface area contributed by atoms with Crippen molar-refractivity contribution in [3.05, 3.63) is 0 Å². The van der Waals surface area contributed by atoms with E-state index in [1.165, 1.54) is 25.7 Å². The third kappa shape index (κ3) is 1.82. The maximum atomic E-state index is 3.50. The zero-order valence-corrected chi connectivity index (χ0v) is 8.98. The van der Waals surface area contributed by atoms with Crippen LogP contribution in [0.1, 0.15) is 46.5 Å². The molecular weight excluding hydrogens is 146 g/mol. The van der Waals surface area contributed by atoms with Crippen molar-refractivity contribution in [3.8, 4) is 0 Å². The highest BCUT2D eigenvalue weighted by atomic mass is 14.9. The van der Waals surface area contributed by atoms with Gasteiger partial charge in [0.25, 0.3) is 0 Å². The monoisotopic (exact) mass is 169 g/mol. The van der Waals surface area contributed by atoms with Crippen LogP contribution in [0.15, 0.2) is 0 Å². The first-order valence-electron chi connectivity index (χ1n) is 5.29. The van der Waals surface area contributed by atoms with Crippen LogP contribution in [-0.2, 0) is 0 Å². The summed E-state index contributed by atoms with van der Waals surface area (Å²) in [5.74, 6) is 0.949. The van der Waals surface area contributed by atoms with Crippen molar-refractivity contribution >= 4 is 0 Å². The van der Waals surface area contributed by atoms with Crippen LogP contribution >= 0.6 is 0 Å². The van der Waals surface area contributed by atoms with E-state index in [1.807, 2.05) is 0 Å². The summed E-state index contributed by atoms with van der Waals surface area (Å²) in [5, 5.41) is 3.50. The second kappa shape index (κ2) is 3.78. The van der Waals surface area contributed by atoms with Crippen LogP contribution in [0.5, 0.6) is 0 Å². The number of hydrogen-bond donors (Lipinski definition) is 1. The molecule has 1 aliphatic rings. The Bertz CT molecular complexity index is 136. The summed E-state index contributed by atoms with van der Waals surface area (Å²) >= 11 is 0. The molecule has 1 aliphatic carbocycles. The Morgan fingerprint density at radius 3 is 2.25 bits per heavy atom. The minimum Gasteiger partial charge on any atom is -0.316 e. The number of rotatable bonds is 4. The van der Waals surface area contributed by atoms with Crippen LogP contribution in [0.2, 0.25) is 0 Å². The lowest BCUT2D eigenvalue weighted by molar-refractivity contribution is 0.120. The molecule has 0 spiro atoms. The lowest BCUT2D eigenvalue weighted by Gasteiger charge is -2.43. The summed E-state index contributed by atoms with van der Waals surface area (Å²) in [7, 11) is 2.11. The Morgan fingerprint density at radius 2 is 2.00 bits per heavy atom. The van der Waals surface area contributed by atoms with Crippen LogP contribution in [0, 0.1) is 11.3 Å². The number of hydrogen-bond acceptors (Lipinski definition) is 1. The van der Waals surface area contributed by atoms with Gasteiger partial charge < -0.3 is 5.32 Å². The fraction of sp³-hybridized carbons (Fsp3) is 1.00. The minimum absolute atomic E-state index is 0.472. The lowest BCUT2D eigenvalue weighted by atomic mass is 9.68. The fourth-order valence-corrected chi connectivity index (χ4v) is 2.26. The number of nitrogens with one attached hydrogen (secondary N) is 1. The second-order valence-electron chi connectivity index (χ2n) is 4.80. The summed E-state index contributed by atoms with van der Waals surface area (Å²) in [5.41, 5.74) is 0.472. The molecule has 0 amide bonds. The van der Waals surface area contributed by atoms with Crippen LogP contribution < -0.4 is 5.32 Å². The van der Waals surface area contributed by atoms with Crippen molar-refractivity contribution in [2.75, 3.05) is 7.05 Å². The zero-order chi connectivity index (χ0) is 9.19. The largest absolute Gasteiger partial charge is 0.316 e. The molecule has 1 atom stereocenters. The average molecular weight is 169 g/mol. The summed E-state index contributed by atoms with van der Waals surface area (Å²) in [6.45, 7) is 7.06. The normalized spacial score (nSPS) is 22.0. The Labute approximate surface area is 76.9 Å². The van der Waals surface area contributed by atoms with Crippen molar-refractivity contribution in [1.29, 1.82) is 0 Å². The Hall–Kier alpha value is -0.0400. The molecule has 1 N–H and O–H groups in total. The van der Waals surface area contributed by atoms with Gasteiger partial charge >= 0.3 is 0 Å². The van der Waals surface area contributed by atoms with Crippen LogP contribution in [0.4, 0.5) is 0 Å². The summed E-state index contributed by atoms with van der Waals surface area (Å²) in [6, 6.07) is 0.733. The summed E-state index contributed by atoms with van der Waals surface area (Å²) in [4.78, 5) is 0. The predicted molar refractivity (Wildman–Crippen MR) is 54.3 cm³/mol. The van der Waals surface area contributed by atoms with E-state index < -0.39 is 0 Å². The molecule has 72 valence electrons. The summed E-state index contributed by atoms with van der Waals surface area (Å²) in [6.07, 6.45) is 5.60. The van der Waals surface area contributed by atoms with Crippen molar-refractivity contribution < 1.29 is 0 Å². The van der Waals surface area contributed by atoms with E-state index >= 15 is 0 Å². The van der Waals surface area contributed by atoms with Gasteiger partial charge in [0.1, 0.15) is 0 Å². The van der Waals surface area contributed by atoms with E-state index in [4.69, 9.17) is 0 Å². The van der Waals surface area contributed by atoms with Gasteiger partial charge in [0.2, 0.25) is 0 Å². The molecule has 0 aliphatic heterocycles. The lowest BCUT2D eigenvalue weighted by Crippen LogP contribution is -2.47. The van der Waals surface area contributed by atoms with Gasteiger partial charge in [-0.05, 0) is 37.6 Å². The maximum absolute atomic E-state index is 3.50. The SMILES string of the molecule is CCC(C)(C)C(NC)C1CCC1. The van der Waals surface area contributed by atoms with E-state index in [0.29, 0.717) is 5.41 Å². The molecule has 0 aromatic carbocycles. The van der Waals surface area contributed by atoms with E-state index in [9.17, 15) is 0 Å². The third-order valence-electron chi connectivity index (χ3n) is 3.69. The van der Waals surface area contributed by atoms with Gasteiger partial charge in [-0.25, -0.2) is 0 Å². The molecule has 0 radical (unpaired) electrons. The van der Waals surface area contributed by atoms with Crippen molar-refractivity contribution in [1.82, 2.24) is 5.32 Å². The van der Waals surface area contributed by atoms with Crippen LogP contribution in [0.3, 0.4) is 0 Å². The molecule has 1 rings (SSSR count). The topological polar surface area (TPSA) is 12.0 Å². The highest BCUT2D eigenvalue weighted by molar-refractivity contribution is 4.91. The molecule has 1 nitrogen and oxygen atoms in total. The van der Waals surface area contributed by atoms with Gasteiger partial charge in [0.05, 0.1) is 0 Å². The fourth-order valence-electron chi connectivity index (χ4n) is 2.26. The first kappa shape index (κ1) is 10.0. The first-order valence-corrected chi connectivity index (χ1v) is 5.29. The second-order valence-corrected chi connectivity index (χ2v) is 4.80. The highest BCUT2D eigenvalue weighted by Gasteiger charge is 2.35. The molecular formula is C11H23N. The Morgan fingerprint density at radius 1 is 1.42 bits per heavy atom. The molecule has 12 heavy (non-hydrogen) atoms. The van der Waals surface area contributed by atoms with Gasteiger partial charge in [-0.15, -0.1) is 0 Å². The highest BCUT2D eigenvalue weighted by Crippen LogP contribution is 2.38. The van der Waals surface area contributed by atoms with Crippen LogP contribution in [-0.4, -0.2) is 13.1 Å². The summed E-state index contributed by atoms with van der Waals surface area (Å²) < 4.78 is 0. The van der Waals surface area contributed by atoms with E-state index in [-0.39, 0.29) is 0 Å². The molecule has 1 fully saturated rings. The van der Waals surface area contributed by atoms with Gasteiger partial charge in [-0.2, -0.15) is 0 Å². The third-order valence-corrected chi connectivity index (χ3v) is 3.69. The molecule has 0 saturated heterocycles. The molecule has 0 bridgehead atoms. The quantitative estimate of drug-likeness (QED) is 0.682. The zero-order valence-electron chi connectivity index (χ0n) is 8.98. The first-order chi connectivity index (χ1) is 5.61. The molecule has 1 saturated carbocycles. The Kier molecular flexibility index (Phi) is 3.16. The molecule has 0 aromatic rings. The predicted octanol–water partition coefficient (Wildman–Crippen LogP) is 2.81.